The van der Waals surface area contributed by atoms with Gasteiger partial charge in [0, 0.05) is 16.1 Å². The van der Waals surface area contributed by atoms with Gasteiger partial charge in [0.15, 0.2) is 0 Å². The monoisotopic (exact) mass is 395 g/mol. The third kappa shape index (κ3) is 4.55. The number of hydrogen-bond acceptors (Lipinski definition) is 6. The van der Waals surface area contributed by atoms with Gasteiger partial charge in [0.1, 0.15) is 5.71 Å². The average Bonchev–Trinajstić information content (AvgIpc) is 2.71. The van der Waals surface area contributed by atoms with Crippen LogP contribution in [0.4, 0.5) is 11.4 Å². The van der Waals surface area contributed by atoms with Crippen LogP contribution in [0.1, 0.15) is 24.0 Å². The molecule has 0 atom stereocenters. The Hall–Kier alpha value is -2.77. The Kier molecular flexibility index (Phi) is 6.06. The second kappa shape index (κ2) is 8.50. The first kappa shape index (κ1) is 20.0. The second-order valence-electron chi connectivity index (χ2n) is 6.84. The quantitative estimate of drug-likeness (QED) is 0.611. The van der Waals surface area contributed by atoms with Gasteiger partial charge in [-0.25, -0.2) is 5.01 Å². The molecule has 0 aromatic heterocycles. The Morgan fingerprint density at radius 1 is 1.18 bits per heavy atom. The Bertz CT molecular complexity index is 921. The molecule has 146 valence electrons. The summed E-state index contributed by atoms with van der Waals surface area (Å²) in [6.45, 7) is 4.26. The first-order chi connectivity index (χ1) is 13.3. The number of carbonyl (C=O) groups excluding carboxylic acids is 1. The molecule has 0 saturated heterocycles. The summed E-state index contributed by atoms with van der Waals surface area (Å²) in [7, 11) is 3.99. The zero-order valence-corrected chi connectivity index (χ0v) is 17.0. The predicted octanol–water partition coefficient (Wildman–Crippen LogP) is 3.49. The lowest BCUT2D eigenvalue weighted by molar-refractivity contribution is -0.112. The van der Waals surface area contributed by atoms with Crippen LogP contribution in [-0.2, 0) is 11.2 Å². The number of carbonyl (C=O) groups is 1. The second-order valence-corrected chi connectivity index (χ2v) is 8.22. The number of amides is 1. The Labute approximate surface area is 170 Å². The van der Waals surface area contributed by atoms with Gasteiger partial charge in [-0.1, -0.05) is 12.6 Å². The number of anilines is 2. The molecule has 0 fully saturated rings. The number of nitrogens with zero attached hydrogens (tertiary/aromatic N) is 3. The lowest BCUT2D eigenvalue weighted by Gasteiger charge is -2.24. The number of rotatable bonds is 4. The zero-order valence-electron chi connectivity index (χ0n) is 16.2. The SMILES string of the molecule is C=C1c2cc(N)ccc2CCC/C(C(N)=O)=N\N1c1ccc(SN(C)C)cc1. The summed E-state index contributed by atoms with van der Waals surface area (Å²) in [6.07, 6.45) is 2.09. The molecule has 1 aliphatic rings. The molecule has 7 heteroatoms. The summed E-state index contributed by atoms with van der Waals surface area (Å²) in [5.41, 5.74) is 16.1. The molecule has 1 heterocycles. The van der Waals surface area contributed by atoms with Crippen LogP contribution in [0.25, 0.3) is 5.70 Å². The summed E-state index contributed by atoms with van der Waals surface area (Å²) in [5, 5.41) is 6.27. The number of nitrogen functional groups attached to an aromatic ring is 1. The van der Waals surface area contributed by atoms with Gasteiger partial charge in [-0.3, -0.25) is 9.10 Å². The van der Waals surface area contributed by atoms with Crippen LogP contribution in [0.15, 0.2) is 59.0 Å². The average molecular weight is 396 g/mol. The summed E-state index contributed by atoms with van der Waals surface area (Å²) >= 11 is 1.63. The lowest BCUT2D eigenvalue weighted by Crippen LogP contribution is -2.27. The molecule has 28 heavy (non-hydrogen) atoms. The van der Waals surface area contributed by atoms with Gasteiger partial charge >= 0.3 is 0 Å². The molecule has 6 nitrogen and oxygen atoms in total. The largest absolute Gasteiger partial charge is 0.399 e. The molecule has 4 N–H and O–H groups in total. The van der Waals surface area contributed by atoms with Crippen molar-refractivity contribution in [2.75, 3.05) is 24.8 Å². The topological polar surface area (TPSA) is 87.9 Å². The van der Waals surface area contributed by atoms with Crippen molar-refractivity contribution in [1.82, 2.24) is 4.31 Å². The fourth-order valence-corrected chi connectivity index (χ4v) is 3.80. The zero-order chi connectivity index (χ0) is 20.3. The van der Waals surface area contributed by atoms with E-state index in [-0.39, 0.29) is 0 Å². The first-order valence-corrected chi connectivity index (χ1v) is 9.83. The standard InChI is InChI=1S/C21H25N5OS/c1-14-19-13-16(22)8-7-15(19)5-4-6-20(21(23)27)24-26(14)17-9-11-18(12-10-17)28-25(2)3/h7-13H,1,4-6,22H2,2-3H3,(H2,23,27)/b24-20+. The van der Waals surface area contributed by atoms with Crippen LogP contribution in [0.5, 0.6) is 0 Å². The van der Waals surface area contributed by atoms with Gasteiger partial charge < -0.3 is 11.5 Å². The van der Waals surface area contributed by atoms with Crippen LogP contribution >= 0.6 is 11.9 Å². The summed E-state index contributed by atoms with van der Waals surface area (Å²) in [5.74, 6) is -0.511. The van der Waals surface area contributed by atoms with E-state index in [2.05, 4.69) is 11.7 Å². The fraction of sp³-hybridized carbons (Fsp3) is 0.238. The van der Waals surface area contributed by atoms with Crippen molar-refractivity contribution in [1.29, 1.82) is 0 Å². The molecule has 2 aromatic rings. The third-order valence-electron chi connectivity index (χ3n) is 4.43. The highest BCUT2D eigenvalue weighted by atomic mass is 32.2. The number of hydrazone groups is 1. The van der Waals surface area contributed by atoms with Gasteiger partial charge in [-0.2, -0.15) is 5.10 Å². The maximum absolute atomic E-state index is 11.9. The highest BCUT2D eigenvalue weighted by molar-refractivity contribution is 7.97. The Morgan fingerprint density at radius 2 is 1.89 bits per heavy atom. The van der Waals surface area contributed by atoms with Crippen molar-refractivity contribution in [2.45, 2.75) is 24.2 Å². The summed E-state index contributed by atoms with van der Waals surface area (Å²) < 4.78 is 2.02. The van der Waals surface area contributed by atoms with Crippen molar-refractivity contribution in [3.8, 4) is 0 Å². The van der Waals surface area contributed by atoms with Crippen molar-refractivity contribution in [3.63, 3.8) is 0 Å². The van der Waals surface area contributed by atoms with Crippen LogP contribution < -0.4 is 16.5 Å². The van der Waals surface area contributed by atoms with Gasteiger partial charge in [0.25, 0.3) is 5.91 Å². The molecule has 0 saturated carbocycles. The molecule has 0 unspecified atom stereocenters. The molecule has 0 aliphatic carbocycles. The van der Waals surface area contributed by atoms with Crippen molar-refractivity contribution < 1.29 is 4.79 Å². The molecule has 1 aliphatic heterocycles. The predicted molar refractivity (Wildman–Crippen MR) is 118 cm³/mol. The maximum Gasteiger partial charge on any atom is 0.264 e. The molecule has 0 radical (unpaired) electrons. The van der Waals surface area contributed by atoms with E-state index in [0.717, 1.165) is 34.6 Å². The van der Waals surface area contributed by atoms with E-state index in [4.69, 9.17) is 11.5 Å². The van der Waals surface area contributed by atoms with Crippen LogP contribution in [0, 0.1) is 0 Å². The normalized spacial score (nSPS) is 16.6. The summed E-state index contributed by atoms with van der Waals surface area (Å²) in [6, 6.07) is 13.8. The molecule has 1 amide bonds. The third-order valence-corrected chi connectivity index (χ3v) is 5.28. The minimum atomic E-state index is -0.511. The van der Waals surface area contributed by atoms with Crippen LogP contribution in [-0.4, -0.2) is 30.0 Å². The molecule has 0 spiro atoms. The smallest absolute Gasteiger partial charge is 0.264 e. The van der Waals surface area contributed by atoms with Crippen LogP contribution in [0.3, 0.4) is 0 Å². The Balaban J connectivity index is 2.07. The van der Waals surface area contributed by atoms with E-state index < -0.39 is 5.91 Å². The van der Waals surface area contributed by atoms with E-state index in [9.17, 15) is 4.79 Å². The lowest BCUT2D eigenvalue weighted by atomic mass is 9.98. The fourth-order valence-electron chi connectivity index (χ4n) is 3.12. The minimum absolute atomic E-state index is 0.341. The van der Waals surface area contributed by atoms with Crippen molar-refractivity contribution in [2.24, 2.45) is 10.8 Å². The highest BCUT2D eigenvalue weighted by Crippen LogP contribution is 2.32. The molecule has 3 rings (SSSR count). The van der Waals surface area contributed by atoms with Gasteiger partial charge in [-0.15, -0.1) is 0 Å². The highest BCUT2D eigenvalue weighted by Gasteiger charge is 2.20. The van der Waals surface area contributed by atoms with Gasteiger partial charge in [0.2, 0.25) is 0 Å². The number of aryl methyl sites for hydroxylation is 1. The van der Waals surface area contributed by atoms with Crippen molar-refractivity contribution in [3.05, 3.63) is 60.2 Å². The molecule has 0 bridgehead atoms. The van der Waals surface area contributed by atoms with E-state index in [1.165, 1.54) is 0 Å². The number of benzene rings is 2. The van der Waals surface area contributed by atoms with Crippen molar-refractivity contribution >= 4 is 40.6 Å². The molecule has 2 aromatic carbocycles. The molecular formula is C21H25N5OS. The number of fused-ring (bicyclic) bond motifs is 1. The van der Waals surface area contributed by atoms with E-state index in [1.807, 2.05) is 60.9 Å². The number of hydrogen-bond donors (Lipinski definition) is 2. The molecular weight excluding hydrogens is 370 g/mol. The number of nitrogens with two attached hydrogens (primary N) is 2. The maximum atomic E-state index is 11.9. The van der Waals surface area contributed by atoms with Gasteiger partial charge in [0.05, 0.1) is 11.4 Å². The van der Waals surface area contributed by atoms with Crippen LogP contribution in [0.2, 0.25) is 0 Å². The van der Waals surface area contributed by atoms with E-state index in [1.54, 1.807) is 17.0 Å². The Morgan fingerprint density at radius 3 is 2.54 bits per heavy atom. The number of primary amides is 1. The minimum Gasteiger partial charge on any atom is -0.399 e. The van der Waals surface area contributed by atoms with E-state index in [0.29, 0.717) is 23.5 Å². The van der Waals surface area contributed by atoms with E-state index >= 15 is 0 Å². The van der Waals surface area contributed by atoms with Gasteiger partial charge in [-0.05, 0) is 87.3 Å². The summed E-state index contributed by atoms with van der Waals surface area (Å²) in [4.78, 5) is 13.0. The first-order valence-electron chi connectivity index (χ1n) is 9.05.